The summed E-state index contributed by atoms with van der Waals surface area (Å²) in [5.41, 5.74) is 3.60. The molecular weight excluding hydrogens is 597 g/mol. The molecule has 2 fully saturated rings. The minimum Gasteiger partial charge on any atom is -0.475 e. The maximum atomic E-state index is 12.2. The number of rotatable bonds is 2. The van der Waals surface area contributed by atoms with E-state index in [0.717, 1.165) is 24.9 Å². The van der Waals surface area contributed by atoms with Crippen molar-refractivity contribution in [2.75, 3.05) is 13.1 Å². The maximum Gasteiger partial charge on any atom is 0.490 e. The fourth-order valence-electron chi connectivity index (χ4n) is 5.16. The summed E-state index contributed by atoms with van der Waals surface area (Å²) in [4.78, 5) is 22.9. The van der Waals surface area contributed by atoms with Crippen LogP contribution in [0.25, 0.3) is 0 Å². The molecule has 0 spiro atoms. The van der Waals surface area contributed by atoms with Gasteiger partial charge in [-0.2, -0.15) is 23.7 Å². The zero-order valence-corrected chi connectivity index (χ0v) is 27.5. The number of nitrogens with one attached hydrogen (secondary N) is 1. The Balaban J connectivity index is 0.000000380. The number of piperidine rings is 2. The number of likely N-dealkylation sites (tertiary alicyclic amines) is 1. The van der Waals surface area contributed by atoms with E-state index in [4.69, 9.17) is 26.5 Å². The molecule has 252 valence electrons. The molecule has 4 rings (SSSR count). The molecule has 46 heavy (non-hydrogen) atoms. The van der Waals surface area contributed by atoms with Gasteiger partial charge in [0.1, 0.15) is 5.60 Å². The van der Waals surface area contributed by atoms with Gasteiger partial charge in [0, 0.05) is 20.0 Å². The van der Waals surface area contributed by atoms with Crippen LogP contribution in [0.4, 0.5) is 18.0 Å². The molecule has 2 heterocycles. The minimum atomic E-state index is -5.08. The van der Waals surface area contributed by atoms with E-state index in [1.165, 1.54) is 24.0 Å². The van der Waals surface area contributed by atoms with E-state index in [9.17, 15) is 18.0 Å². The van der Waals surface area contributed by atoms with Crippen LogP contribution < -0.4 is 5.32 Å². The number of carboxylic acid groups (broad SMARTS) is 1. The van der Waals surface area contributed by atoms with Crippen LogP contribution in [0.2, 0.25) is 0 Å². The lowest BCUT2D eigenvalue weighted by molar-refractivity contribution is -0.192. The van der Waals surface area contributed by atoms with Crippen LogP contribution >= 0.6 is 0 Å². The van der Waals surface area contributed by atoms with Crippen molar-refractivity contribution in [2.24, 2.45) is 0 Å². The Morgan fingerprint density at radius 3 is 1.72 bits per heavy atom. The molecule has 2 aliphatic heterocycles. The van der Waals surface area contributed by atoms with Crippen LogP contribution in [-0.2, 0) is 9.53 Å². The molecule has 0 radical (unpaired) electrons. The van der Waals surface area contributed by atoms with Gasteiger partial charge in [-0.05, 0) is 114 Å². The highest BCUT2D eigenvalue weighted by molar-refractivity contribution is 5.73. The highest BCUT2D eigenvalue weighted by Gasteiger charge is 2.38. The molecule has 2 saturated heterocycles. The molecule has 4 atom stereocenters. The first-order valence-corrected chi connectivity index (χ1v) is 15.3. The summed E-state index contributed by atoms with van der Waals surface area (Å²) in [6.07, 6.45) is -1.05. The molecule has 2 aliphatic rings. The summed E-state index contributed by atoms with van der Waals surface area (Å²) in [7, 11) is 0. The zero-order chi connectivity index (χ0) is 35.8. The van der Waals surface area contributed by atoms with Crippen molar-refractivity contribution < 1.29 is 34.0 Å². The topological polar surface area (TPSA) is 126 Å². The zero-order valence-electron chi connectivity index (χ0n) is 28.5. The monoisotopic (exact) mass is 645 g/mol. The normalized spacial score (nSPS) is 21.1. The lowest BCUT2D eigenvalue weighted by Crippen LogP contribution is -2.46. The van der Waals surface area contributed by atoms with Crippen molar-refractivity contribution in [2.45, 2.75) is 110 Å². The number of carbonyl (C=O) groups is 2. The summed E-state index contributed by atoms with van der Waals surface area (Å²) in [6.45, 7) is 14.1. The molecule has 2 N–H and O–H groups in total. The lowest BCUT2D eigenvalue weighted by atomic mass is 9.86. The van der Waals surface area contributed by atoms with Crippen molar-refractivity contribution in [3.8, 4) is 12.1 Å². The quantitative estimate of drug-likeness (QED) is 0.338. The second-order valence-corrected chi connectivity index (χ2v) is 12.1. The second kappa shape index (κ2) is 18.8. The van der Waals surface area contributed by atoms with E-state index in [2.05, 4.69) is 43.4 Å². The van der Waals surface area contributed by atoms with E-state index in [-0.39, 0.29) is 12.1 Å². The number of amides is 1. The van der Waals surface area contributed by atoms with Gasteiger partial charge in [0.2, 0.25) is 0 Å². The molecule has 2 aromatic rings. The summed E-state index contributed by atoms with van der Waals surface area (Å²) in [5, 5.41) is 28.2. The van der Waals surface area contributed by atoms with Crippen molar-refractivity contribution in [3.63, 3.8) is 0 Å². The van der Waals surface area contributed by atoms with Crippen molar-refractivity contribution in [3.05, 3.63) is 70.8 Å². The van der Waals surface area contributed by atoms with Gasteiger partial charge >= 0.3 is 18.2 Å². The number of carboxylic acids is 1. The molecule has 4 unspecified atom stereocenters. The number of hydrogen-bond acceptors (Lipinski definition) is 6. The van der Waals surface area contributed by atoms with Gasteiger partial charge < -0.3 is 20.1 Å². The van der Waals surface area contributed by atoms with Crippen LogP contribution in [0.1, 0.15) is 110 Å². The molecule has 11 heteroatoms. The third-order valence-electron chi connectivity index (χ3n) is 7.39. The smallest absolute Gasteiger partial charge is 0.475 e. The van der Waals surface area contributed by atoms with Gasteiger partial charge in [0.25, 0.3) is 0 Å². The third-order valence-corrected chi connectivity index (χ3v) is 7.39. The van der Waals surface area contributed by atoms with Gasteiger partial charge in [-0.1, -0.05) is 38.1 Å². The van der Waals surface area contributed by atoms with Gasteiger partial charge in [0.05, 0.1) is 23.3 Å². The summed E-state index contributed by atoms with van der Waals surface area (Å²) in [5.74, 6) is -1.66. The highest BCUT2D eigenvalue weighted by atomic mass is 19.4. The standard InChI is InChI=1S/C18H24N2O2.C13H16N2.C2HF3O2.C2H6/c1-13-11-16(15-7-5-14(12-19)6-8-15)9-10-20(13)17(21)22-18(2,3)4;1-10-8-13(6-7-15-10)12-4-2-11(9-14)3-5-12;3-2(4,5)1(6)7;1-2/h5-8,13,16H,9-11H2,1-4H3;2-5,10,13,15H,6-8H2,1H3;(H,6,7);1-2H3/i;;;1D. The predicted octanol–water partition coefficient (Wildman–Crippen LogP) is 8.13. The van der Waals surface area contributed by atoms with Crippen LogP contribution in [0.15, 0.2) is 48.5 Å². The number of hydrogen-bond donors (Lipinski definition) is 2. The summed E-state index contributed by atoms with van der Waals surface area (Å²) >= 11 is 0. The Morgan fingerprint density at radius 1 is 0.935 bits per heavy atom. The second-order valence-electron chi connectivity index (χ2n) is 12.1. The number of nitrogens with zero attached hydrogens (tertiary/aromatic N) is 3. The van der Waals surface area contributed by atoms with Crippen LogP contribution in [-0.4, -0.2) is 59.0 Å². The first-order valence-electron chi connectivity index (χ1n) is 16.0. The van der Waals surface area contributed by atoms with E-state index in [1.807, 2.05) is 62.1 Å². The molecule has 0 bridgehead atoms. The van der Waals surface area contributed by atoms with E-state index in [0.29, 0.717) is 36.9 Å². The number of carbonyl (C=O) groups excluding carboxylic acids is 1. The van der Waals surface area contributed by atoms with Crippen LogP contribution in [0.3, 0.4) is 0 Å². The van der Waals surface area contributed by atoms with E-state index < -0.39 is 17.7 Å². The molecular formula is C35H47F3N4O4. The van der Waals surface area contributed by atoms with E-state index in [1.54, 1.807) is 6.92 Å². The first kappa shape index (κ1) is 38.1. The van der Waals surface area contributed by atoms with Crippen molar-refractivity contribution in [1.82, 2.24) is 10.2 Å². The fraction of sp³-hybridized carbons (Fsp3) is 0.543. The summed E-state index contributed by atoms with van der Waals surface area (Å²) < 4.78 is 43.4. The van der Waals surface area contributed by atoms with Gasteiger partial charge in [0.15, 0.2) is 0 Å². The van der Waals surface area contributed by atoms with Crippen molar-refractivity contribution in [1.29, 1.82) is 10.5 Å². The van der Waals surface area contributed by atoms with Gasteiger partial charge in [-0.3, -0.25) is 0 Å². The number of benzene rings is 2. The molecule has 8 nitrogen and oxygen atoms in total. The largest absolute Gasteiger partial charge is 0.490 e. The predicted molar refractivity (Wildman–Crippen MR) is 171 cm³/mol. The molecule has 1 amide bonds. The summed E-state index contributed by atoms with van der Waals surface area (Å²) in [6, 6.07) is 20.9. The first-order chi connectivity index (χ1) is 21.9. The molecule has 0 aliphatic carbocycles. The van der Waals surface area contributed by atoms with Crippen molar-refractivity contribution >= 4 is 12.1 Å². The SMILES string of the molecule is CC1CC(c2ccc(C#N)cc2)CCN1.CC1CC(c2ccc(C#N)cc2)CCN1C(=O)OC(C)(C)C.O=C(O)C(F)(F)F.[2H]CC. The Bertz CT molecular complexity index is 1330. The molecule has 0 aromatic heterocycles. The average Bonchev–Trinajstić information content (AvgIpc) is 3.01. The Hall–Kier alpha value is -4.09. The van der Waals surface area contributed by atoms with E-state index >= 15 is 0 Å². The molecule has 2 aromatic carbocycles. The maximum absolute atomic E-state index is 12.2. The van der Waals surface area contributed by atoms with Gasteiger partial charge in [-0.15, -0.1) is 0 Å². The van der Waals surface area contributed by atoms with Gasteiger partial charge in [-0.25, -0.2) is 9.59 Å². The average molecular weight is 646 g/mol. The Kier molecular flexibility index (Phi) is 15.5. The van der Waals surface area contributed by atoms with Crippen LogP contribution in [0, 0.1) is 22.7 Å². The lowest BCUT2D eigenvalue weighted by Gasteiger charge is -2.38. The number of ether oxygens (including phenoxy) is 1. The number of alkyl halides is 3. The highest BCUT2D eigenvalue weighted by Crippen LogP contribution is 2.32. The number of halogens is 3. The Labute approximate surface area is 272 Å². The molecule has 0 saturated carbocycles. The van der Waals surface area contributed by atoms with Crippen LogP contribution in [0.5, 0.6) is 0 Å². The fourth-order valence-corrected chi connectivity index (χ4v) is 5.16. The number of nitriles is 2. The third kappa shape index (κ3) is 13.9. The minimum absolute atomic E-state index is 0.157. The number of aliphatic carboxylic acids is 1. The Morgan fingerprint density at radius 2 is 1.37 bits per heavy atom.